The number of nitrogens with one attached hydrogen (secondary N) is 1. The zero-order chi connectivity index (χ0) is 9.61. The van der Waals surface area contributed by atoms with E-state index < -0.39 is 15.3 Å². The molecule has 12 heavy (non-hydrogen) atoms. The van der Waals surface area contributed by atoms with Gasteiger partial charge in [0.05, 0.1) is 12.7 Å². The van der Waals surface area contributed by atoms with Gasteiger partial charge in [0, 0.05) is 0 Å². The molecular weight excluding hydrogens is 180 g/mol. The van der Waals surface area contributed by atoms with Crippen LogP contribution in [0.5, 0.6) is 0 Å². The lowest BCUT2D eigenvalue weighted by molar-refractivity contribution is 0.105. The van der Waals surface area contributed by atoms with Crippen molar-refractivity contribution in [3.63, 3.8) is 0 Å². The number of nitriles is 1. The number of hydrogen-bond donors (Lipinski definition) is 1. The van der Waals surface area contributed by atoms with Crippen molar-refractivity contribution in [2.75, 3.05) is 6.61 Å². The molecule has 0 bridgehead atoms. The molecule has 1 atom stereocenters. The fraction of sp³-hybridized carbons (Fsp3) is 0.833. The van der Waals surface area contributed by atoms with Crippen molar-refractivity contribution < 1.29 is 13.3 Å². The van der Waals surface area contributed by atoms with Crippen molar-refractivity contribution >= 4 is 10.0 Å². The predicted molar refractivity (Wildman–Crippen MR) is 43.4 cm³/mol. The summed E-state index contributed by atoms with van der Waals surface area (Å²) in [6.07, 6.45) is 0.249. The minimum Gasteiger partial charge on any atom is -0.287 e. The van der Waals surface area contributed by atoms with Gasteiger partial charge in [0.2, 0.25) is 10.0 Å². The van der Waals surface area contributed by atoms with E-state index in [2.05, 4.69) is 4.84 Å². The van der Waals surface area contributed by atoms with Crippen molar-refractivity contribution in [3.05, 3.63) is 0 Å². The molecule has 1 N–H and O–H groups in total. The summed E-state index contributed by atoms with van der Waals surface area (Å²) in [4.78, 5) is 6.35. The van der Waals surface area contributed by atoms with E-state index in [4.69, 9.17) is 5.26 Å². The Morgan fingerprint density at radius 2 is 2.17 bits per heavy atom. The molecule has 70 valence electrons. The third kappa shape index (κ3) is 3.17. The van der Waals surface area contributed by atoms with Crippen LogP contribution in [0.2, 0.25) is 0 Å². The quantitative estimate of drug-likeness (QED) is 0.629. The Morgan fingerprint density at radius 1 is 1.58 bits per heavy atom. The van der Waals surface area contributed by atoms with Gasteiger partial charge >= 0.3 is 0 Å². The molecule has 0 aliphatic carbocycles. The van der Waals surface area contributed by atoms with Gasteiger partial charge in [-0.2, -0.15) is 5.26 Å². The fourth-order valence-electron chi connectivity index (χ4n) is 0.579. The maximum atomic E-state index is 11.1. The minimum atomic E-state index is -3.62. The Balaban J connectivity index is 4.30. The van der Waals surface area contributed by atoms with Crippen LogP contribution >= 0.6 is 0 Å². The van der Waals surface area contributed by atoms with Gasteiger partial charge in [0.15, 0.2) is 5.25 Å². The average Bonchev–Trinajstić information content (AvgIpc) is 2.03. The molecule has 6 heteroatoms. The molecule has 0 fully saturated rings. The first-order chi connectivity index (χ1) is 5.58. The maximum Gasteiger partial charge on any atom is 0.249 e. The molecule has 0 heterocycles. The molecule has 0 aliphatic rings. The highest BCUT2D eigenvalue weighted by Gasteiger charge is 2.22. The molecule has 0 saturated carbocycles. The molecule has 0 spiro atoms. The predicted octanol–water partition coefficient (Wildman–Crippen LogP) is 0.159. The van der Waals surface area contributed by atoms with E-state index in [1.165, 1.54) is 0 Å². The second kappa shape index (κ2) is 5.09. The number of rotatable bonds is 5. The van der Waals surface area contributed by atoms with E-state index in [1.54, 1.807) is 19.9 Å². The van der Waals surface area contributed by atoms with Crippen LogP contribution in [0.15, 0.2) is 0 Å². The summed E-state index contributed by atoms with van der Waals surface area (Å²) >= 11 is 0. The van der Waals surface area contributed by atoms with Gasteiger partial charge in [-0.05, 0) is 13.3 Å². The molecule has 0 aromatic rings. The summed E-state index contributed by atoms with van der Waals surface area (Å²) in [5.74, 6) is 0. The van der Waals surface area contributed by atoms with Crippen LogP contribution in [0.3, 0.4) is 0 Å². The fourth-order valence-corrected chi connectivity index (χ4v) is 1.56. The molecule has 1 unspecified atom stereocenters. The summed E-state index contributed by atoms with van der Waals surface area (Å²) in [5.41, 5.74) is 0. The lowest BCUT2D eigenvalue weighted by Gasteiger charge is -2.08. The molecule has 0 radical (unpaired) electrons. The second-order valence-electron chi connectivity index (χ2n) is 2.09. The van der Waals surface area contributed by atoms with Crippen molar-refractivity contribution in [2.24, 2.45) is 0 Å². The zero-order valence-corrected chi connectivity index (χ0v) is 7.89. The second-order valence-corrected chi connectivity index (χ2v) is 3.91. The minimum absolute atomic E-state index is 0.237. The van der Waals surface area contributed by atoms with Gasteiger partial charge in [-0.25, -0.2) is 8.42 Å². The molecule has 0 aliphatic heterocycles. The molecule has 0 saturated heterocycles. The average molecular weight is 192 g/mol. The molecule has 0 rings (SSSR count). The zero-order valence-electron chi connectivity index (χ0n) is 7.07. The van der Waals surface area contributed by atoms with Gasteiger partial charge < -0.3 is 0 Å². The van der Waals surface area contributed by atoms with Gasteiger partial charge in [-0.3, -0.25) is 4.84 Å². The topological polar surface area (TPSA) is 79.2 Å². The molecule has 0 amide bonds. The molecule has 0 aromatic carbocycles. The van der Waals surface area contributed by atoms with Gasteiger partial charge in [0.25, 0.3) is 0 Å². The van der Waals surface area contributed by atoms with Crippen molar-refractivity contribution in [1.82, 2.24) is 4.89 Å². The Labute approximate surface area is 72.3 Å². The highest BCUT2D eigenvalue weighted by atomic mass is 32.2. The third-order valence-corrected chi connectivity index (χ3v) is 2.75. The first-order valence-corrected chi connectivity index (χ1v) is 5.15. The standard InChI is InChI=1S/C6H12N2O3S/c1-3-6(5-7)12(9,10)8-11-4-2/h6,8H,3-4H2,1-2H3. The third-order valence-electron chi connectivity index (χ3n) is 1.21. The van der Waals surface area contributed by atoms with Gasteiger partial charge in [0.1, 0.15) is 0 Å². The Hall–Kier alpha value is -0.640. The van der Waals surface area contributed by atoms with Crippen LogP contribution < -0.4 is 4.89 Å². The first-order valence-electron chi connectivity index (χ1n) is 3.60. The van der Waals surface area contributed by atoms with Crippen LogP contribution in [0.4, 0.5) is 0 Å². The highest BCUT2D eigenvalue weighted by molar-refractivity contribution is 7.90. The smallest absolute Gasteiger partial charge is 0.249 e. The van der Waals surface area contributed by atoms with Crippen LogP contribution in [0.25, 0.3) is 0 Å². The van der Waals surface area contributed by atoms with Crippen LogP contribution in [-0.2, 0) is 14.9 Å². The van der Waals surface area contributed by atoms with E-state index in [0.29, 0.717) is 0 Å². The van der Waals surface area contributed by atoms with Crippen molar-refractivity contribution in [3.8, 4) is 6.07 Å². The summed E-state index contributed by atoms with van der Waals surface area (Å²) < 4.78 is 22.2. The number of sulfonamides is 1. The first kappa shape index (κ1) is 11.4. The molecule has 5 nitrogen and oxygen atoms in total. The monoisotopic (exact) mass is 192 g/mol. The van der Waals surface area contributed by atoms with E-state index in [1.807, 2.05) is 4.89 Å². The largest absolute Gasteiger partial charge is 0.287 e. The summed E-state index contributed by atoms with van der Waals surface area (Å²) in [5, 5.41) is 7.40. The van der Waals surface area contributed by atoms with Crippen LogP contribution in [0.1, 0.15) is 20.3 Å². The van der Waals surface area contributed by atoms with Gasteiger partial charge in [-0.1, -0.05) is 11.8 Å². The maximum absolute atomic E-state index is 11.1. The Bertz CT molecular complexity index is 254. The highest BCUT2D eigenvalue weighted by Crippen LogP contribution is 2.01. The Morgan fingerprint density at radius 3 is 2.50 bits per heavy atom. The lowest BCUT2D eigenvalue weighted by atomic mass is 10.4. The number of hydrogen-bond acceptors (Lipinski definition) is 4. The summed E-state index contributed by atoms with van der Waals surface area (Å²) in [6, 6.07) is 1.67. The van der Waals surface area contributed by atoms with Gasteiger partial charge in [-0.15, -0.1) is 0 Å². The SMILES string of the molecule is CCONS(=O)(=O)C(C#N)CC. The summed E-state index contributed by atoms with van der Waals surface area (Å²) in [6.45, 7) is 3.51. The van der Waals surface area contributed by atoms with E-state index in [-0.39, 0.29) is 13.0 Å². The van der Waals surface area contributed by atoms with Crippen LogP contribution in [0, 0.1) is 11.3 Å². The normalized spacial score (nSPS) is 13.8. The molecular formula is C6H12N2O3S. The number of nitrogens with zero attached hydrogens (tertiary/aromatic N) is 1. The summed E-state index contributed by atoms with van der Waals surface area (Å²) in [7, 11) is -3.62. The van der Waals surface area contributed by atoms with E-state index in [9.17, 15) is 8.42 Å². The van der Waals surface area contributed by atoms with Crippen LogP contribution in [-0.4, -0.2) is 20.3 Å². The van der Waals surface area contributed by atoms with Crippen molar-refractivity contribution in [1.29, 1.82) is 5.26 Å². The van der Waals surface area contributed by atoms with E-state index in [0.717, 1.165) is 0 Å². The molecule has 0 aromatic heterocycles. The van der Waals surface area contributed by atoms with E-state index >= 15 is 0 Å². The van der Waals surface area contributed by atoms with Crippen molar-refractivity contribution in [2.45, 2.75) is 25.5 Å². The Kier molecular flexibility index (Phi) is 4.81. The lowest BCUT2D eigenvalue weighted by Crippen LogP contribution is -2.33.